The summed E-state index contributed by atoms with van der Waals surface area (Å²) >= 11 is 0. The molecule has 120 valence electrons. The van der Waals surface area contributed by atoms with Gasteiger partial charge in [-0.2, -0.15) is 5.10 Å². The van der Waals surface area contributed by atoms with Crippen molar-refractivity contribution in [2.45, 2.75) is 46.7 Å². The number of rotatable bonds is 5. The van der Waals surface area contributed by atoms with Crippen molar-refractivity contribution in [3.63, 3.8) is 0 Å². The van der Waals surface area contributed by atoms with Gasteiger partial charge in [-0.05, 0) is 27.7 Å². The van der Waals surface area contributed by atoms with E-state index in [-0.39, 0.29) is 11.9 Å². The van der Waals surface area contributed by atoms with Crippen molar-refractivity contribution in [1.82, 2.24) is 24.2 Å². The van der Waals surface area contributed by atoms with Gasteiger partial charge in [-0.15, -0.1) is 0 Å². The molecule has 0 saturated carbocycles. The molecule has 0 aliphatic carbocycles. The van der Waals surface area contributed by atoms with Crippen molar-refractivity contribution in [2.75, 3.05) is 7.05 Å². The number of aromatic nitrogens is 4. The van der Waals surface area contributed by atoms with Crippen LogP contribution in [0.5, 0.6) is 0 Å². The Hall–Kier alpha value is -2.11. The van der Waals surface area contributed by atoms with E-state index in [4.69, 9.17) is 0 Å². The molecule has 2 aromatic heterocycles. The minimum atomic E-state index is 0.105. The van der Waals surface area contributed by atoms with E-state index in [9.17, 15) is 4.79 Å². The van der Waals surface area contributed by atoms with Gasteiger partial charge in [0.2, 0.25) is 5.91 Å². The Morgan fingerprint density at radius 3 is 2.55 bits per heavy atom. The van der Waals surface area contributed by atoms with E-state index in [0.29, 0.717) is 13.0 Å². The molecule has 0 aliphatic heterocycles. The second-order valence-corrected chi connectivity index (χ2v) is 5.96. The molecule has 1 atom stereocenters. The lowest BCUT2D eigenvalue weighted by molar-refractivity contribution is -0.131. The van der Waals surface area contributed by atoms with Crippen molar-refractivity contribution in [2.24, 2.45) is 7.05 Å². The molecule has 0 N–H and O–H groups in total. The van der Waals surface area contributed by atoms with E-state index in [1.165, 1.54) is 0 Å². The van der Waals surface area contributed by atoms with E-state index in [0.717, 1.165) is 22.8 Å². The molecule has 0 saturated heterocycles. The van der Waals surface area contributed by atoms with Crippen molar-refractivity contribution in [1.29, 1.82) is 0 Å². The van der Waals surface area contributed by atoms with Crippen molar-refractivity contribution < 1.29 is 4.79 Å². The second-order valence-electron chi connectivity index (χ2n) is 5.96. The maximum absolute atomic E-state index is 12.5. The van der Waals surface area contributed by atoms with Crippen molar-refractivity contribution in [3.05, 3.63) is 35.2 Å². The summed E-state index contributed by atoms with van der Waals surface area (Å²) in [6.45, 7) is 8.61. The summed E-state index contributed by atoms with van der Waals surface area (Å²) in [5, 5.41) is 4.40. The first-order valence-electron chi connectivity index (χ1n) is 7.53. The molecule has 0 radical (unpaired) electrons. The van der Waals surface area contributed by atoms with E-state index in [1.807, 2.05) is 57.2 Å². The van der Waals surface area contributed by atoms with Crippen LogP contribution in [0.4, 0.5) is 0 Å². The summed E-state index contributed by atoms with van der Waals surface area (Å²) < 4.78 is 3.90. The highest BCUT2D eigenvalue weighted by atomic mass is 16.2. The zero-order valence-electron chi connectivity index (χ0n) is 14.3. The summed E-state index contributed by atoms with van der Waals surface area (Å²) in [7, 11) is 3.78. The summed E-state index contributed by atoms with van der Waals surface area (Å²) in [6.07, 6.45) is 4.15. The van der Waals surface area contributed by atoms with Gasteiger partial charge in [0.15, 0.2) is 0 Å². The molecule has 6 heteroatoms. The zero-order chi connectivity index (χ0) is 16.4. The first-order valence-corrected chi connectivity index (χ1v) is 7.53. The Morgan fingerprint density at radius 2 is 2.05 bits per heavy atom. The first kappa shape index (κ1) is 16.3. The van der Waals surface area contributed by atoms with Crippen LogP contribution in [0.25, 0.3) is 0 Å². The summed E-state index contributed by atoms with van der Waals surface area (Å²) in [6, 6.07) is 0.105. The third kappa shape index (κ3) is 3.21. The van der Waals surface area contributed by atoms with Crippen LogP contribution in [0, 0.1) is 20.8 Å². The van der Waals surface area contributed by atoms with Gasteiger partial charge in [0, 0.05) is 56.8 Å². The maximum Gasteiger partial charge on any atom is 0.224 e. The van der Waals surface area contributed by atoms with Crippen LogP contribution in [-0.4, -0.2) is 37.2 Å². The number of hydrogen-bond acceptors (Lipinski definition) is 3. The number of carbonyl (C=O) groups excluding carboxylic acids is 1. The average molecular weight is 303 g/mol. The molecule has 0 spiro atoms. The second kappa shape index (κ2) is 6.34. The van der Waals surface area contributed by atoms with E-state index in [1.54, 1.807) is 11.1 Å². The molecular weight excluding hydrogens is 278 g/mol. The number of amides is 1. The minimum Gasteiger partial charge on any atom is -0.341 e. The average Bonchev–Trinajstić information content (AvgIpc) is 2.97. The Labute approximate surface area is 131 Å². The molecule has 0 aliphatic rings. The number of hydrogen-bond donors (Lipinski definition) is 0. The monoisotopic (exact) mass is 303 g/mol. The minimum absolute atomic E-state index is 0.105. The molecule has 2 aromatic rings. The number of aryl methyl sites for hydroxylation is 3. The molecule has 1 unspecified atom stereocenters. The van der Waals surface area contributed by atoms with Crippen molar-refractivity contribution in [3.8, 4) is 0 Å². The molecule has 2 rings (SSSR count). The van der Waals surface area contributed by atoms with Crippen LogP contribution in [0.15, 0.2) is 12.4 Å². The smallest absolute Gasteiger partial charge is 0.224 e. The largest absolute Gasteiger partial charge is 0.341 e. The molecule has 1 amide bonds. The topological polar surface area (TPSA) is 56.0 Å². The van der Waals surface area contributed by atoms with E-state index >= 15 is 0 Å². The number of imidazole rings is 1. The standard InChI is InChI=1S/C16H25N5O/c1-11(21-8-7-17-14(21)4)9-16(22)19(5)10-15-12(2)18-20(6)13(15)3/h7-8,11H,9-10H2,1-6H3. The Kier molecular flexibility index (Phi) is 4.68. The quantitative estimate of drug-likeness (QED) is 0.850. The third-order valence-corrected chi connectivity index (χ3v) is 4.29. The molecule has 22 heavy (non-hydrogen) atoms. The summed E-state index contributed by atoms with van der Waals surface area (Å²) in [5.41, 5.74) is 3.22. The van der Waals surface area contributed by atoms with Gasteiger partial charge < -0.3 is 9.47 Å². The number of carbonyl (C=O) groups is 1. The van der Waals surface area contributed by atoms with E-state index < -0.39 is 0 Å². The van der Waals surface area contributed by atoms with Crippen LogP contribution >= 0.6 is 0 Å². The van der Waals surface area contributed by atoms with Gasteiger partial charge in [-0.25, -0.2) is 4.98 Å². The highest BCUT2D eigenvalue weighted by Crippen LogP contribution is 2.17. The highest BCUT2D eigenvalue weighted by molar-refractivity contribution is 5.76. The lowest BCUT2D eigenvalue weighted by Crippen LogP contribution is -2.28. The summed E-state index contributed by atoms with van der Waals surface area (Å²) in [4.78, 5) is 18.4. The number of nitrogens with zero attached hydrogens (tertiary/aromatic N) is 5. The van der Waals surface area contributed by atoms with Crippen LogP contribution in [0.1, 0.15) is 42.2 Å². The highest BCUT2D eigenvalue weighted by Gasteiger charge is 2.18. The lowest BCUT2D eigenvalue weighted by atomic mass is 10.1. The van der Waals surface area contributed by atoms with Gasteiger partial charge in [0.25, 0.3) is 0 Å². The Bertz CT molecular complexity index is 670. The summed E-state index contributed by atoms with van der Waals surface area (Å²) in [5.74, 6) is 1.06. The van der Waals surface area contributed by atoms with Gasteiger partial charge >= 0.3 is 0 Å². The molecule has 2 heterocycles. The van der Waals surface area contributed by atoms with Crippen LogP contribution < -0.4 is 0 Å². The first-order chi connectivity index (χ1) is 10.3. The fourth-order valence-corrected chi connectivity index (χ4v) is 2.73. The Morgan fingerprint density at radius 1 is 1.36 bits per heavy atom. The third-order valence-electron chi connectivity index (χ3n) is 4.29. The normalized spacial score (nSPS) is 12.5. The molecule has 6 nitrogen and oxygen atoms in total. The SMILES string of the molecule is Cc1nn(C)c(C)c1CN(C)C(=O)CC(C)n1ccnc1C. The fourth-order valence-electron chi connectivity index (χ4n) is 2.73. The predicted octanol–water partition coefficient (Wildman–Crippen LogP) is 2.15. The van der Waals surface area contributed by atoms with Gasteiger partial charge in [0.1, 0.15) is 5.82 Å². The zero-order valence-corrected chi connectivity index (χ0v) is 14.3. The fraction of sp³-hybridized carbons (Fsp3) is 0.562. The molecular formula is C16H25N5O. The maximum atomic E-state index is 12.5. The predicted molar refractivity (Wildman–Crippen MR) is 85.4 cm³/mol. The molecule has 0 fully saturated rings. The van der Waals surface area contributed by atoms with Crippen LogP contribution in [0.2, 0.25) is 0 Å². The van der Waals surface area contributed by atoms with Crippen LogP contribution in [-0.2, 0) is 18.4 Å². The van der Waals surface area contributed by atoms with E-state index in [2.05, 4.69) is 10.1 Å². The van der Waals surface area contributed by atoms with Gasteiger partial charge in [0.05, 0.1) is 5.69 Å². The molecule has 0 aromatic carbocycles. The van der Waals surface area contributed by atoms with Crippen LogP contribution in [0.3, 0.4) is 0 Å². The lowest BCUT2D eigenvalue weighted by Gasteiger charge is -2.21. The van der Waals surface area contributed by atoms with Crippen molar-refractivity contribution >= 4 is 5.91 Å². The van der Waals surface area contributed by atoms with Gasteiger partial charge in [-0.1, -0.05) is 0 Å². The Balaban J connectivity index is 2.02. The molecule has 0 bridgehead atoms. The van der Waals surface area contributed by atoms with Gasteiger partial charge in [-0.3, -0.25) is 9.48 Å².